The van der Waals surface area contributed by atoms with Crippen LogP contribution < -0.4 is 0 Å². The molecule has 0 atom stereocenters. The first-order valence-electron chi connectivity index (χ1n) is 8.99. The van der Waals surface area contributed by atoms with Crippen molar-refractivity contribution in [2.24, 2.45) is 0 Å². The molecule has 0 saturated carbocycles. The Bertz CT molecular complexity index is 1010. The van der Waals surface area contributed by atoms with Crippen LogP contribution in [0.2, 0.25) is 0 Å². The van der Waals surface area contributed by atoms with Gasteiger partial charge < -0.3 is 4.74 Å². The van der Waals surface area contributed by atoms with E-state index in [1.165, 1.54) is 0 Å². The molecule has 0 amide bonds. The molecule has 0 spiro atoms. The molecule has 3 aromatic rings. The standard InChI is InChI=1S/C25H20O2/c1-27-17-21-22(18-11-5-2-6-12-18)23(19-13-7-3-8-14-19)24(25(21)26)20-15-9-4-10-16-20/h2-16H,17H2,1H3. The van der Waals surface area contributed by atoms with Crippen LogP contribution in [-0.4, -0.2) is 19.5 Å². The van der Waals surface area contributed by atoms with E-state index in [9.17, 15) is 4.79 Å². The van der Waals surface area contributed by atoms with Crippen molar-refractivity contribution in [1.82, 2.24) is 0 Å². The van der Waals surface area contributed by atoms with Crippen LogP contribution in [0.1, 0.15) is 16.7 Å². The first-order chi connectivity index (χ1) is 13.3. The summed E-state index contributed by atoms with van der Waals surface area (Å²) in [4.78, 5) is 13.5. The number of carbonyl (C=O) groups excluding carboxylic acids is 1. The average Bonchev–Trinajstić information content (AvgIpc) is 3.03. The fourth-order valence-electron chi connectivity index (χ4n) is 3.63. The van der Waals surface area contributed by atoms with Crippen molar-refractivity contribution in [2.75, 3.05) is 13.7 Å². The molecule has 0 N–H and O–H groups in total. The van der Waals surface area contributed by atoms with Crippen molar-refractivity contribution in [3.63, 3.8) is 0 Å². The van der Waals surface area contributed by atoms with E-state index in [-0.39, 0.29) is 12.4 Å². The SMILES string of the molecule is COCC1=C(c2ccccc2)C(c2ccccc2)=C(c2ccccc2)C1=O. The van der Waals surface area contributed by atoms with Gasteiger partial charge in [-0.15, -0.1) is 0 Å². The maximum atomic E-state index is 13.5. The molecule has 1 aliphatic carbocycles. The summed E-state index contributed by atoms with van der Waals surface area (Å²) in [7, 11) is 1.63. The van der Waals surface area contributed by atoms with Crippen molar-refractivity contribution >= 4 is 22.5 Å². The van der Waals surface area contributed by atoms with Gasteiger partial charge in [-0.3, -0.25) is 4.79 Å². The normalized spacial score (nSPS) is 14.2. The number of allylic oxidation sites excluding steroid dienone is 3. The maximum absolute atomic E-state index is 13.5. The highest BCUT2D eigenvalue weighted by molar-refractivity contribution is 6.47. The van der Waals surface area contributed by atoms with E-state index < -0.39 is 0 Å². The van der Waals surface area contributed by atoms with E-state index in [1.807, 2.05) is 66.7 Å². The third-order valence-corrected chi connectivity index (χ3v) is 4.78. The van der Waals surface area contributed by atoms with Gasteiger partial charge in [-0.25, -0.2) is 0 Å². The molecule has 27 heavy (non-hydrogen) atoms. The zero-order valence-corrected chi connectivity index (χ0v) is 15.2. The van der Waals surface area contributed by atoms with Crippen LogP contribution >= 0.6 is 0 Å². The van der Waals surface area contributed by atoms with Crippen molar-refractivity contribution in [1.29, 1.82) is 0 Å². The molecule has 1 aliphatic rings. The Morgan fingerprint density at radius 2 is 1.00 bits per heavy atom. The highest BCUT2D eigenvalue weighted by Crippen LogP contribution is 2.46. The summed E-state index contributed by atoms with van der Waals surface area (Å²) in [5.41, 5.74) is 6.39. The zero-order chi connectivity index (χ0) is 18.6. The van der Waals surface area contributed by atoms with Crippen molar-refractivity contribution < 1.29 is 9.53 Å². The second kappa shape index (κ2) is 7.56. The Hall–Kier alpha value is -3.23. The van der Waals surface area contributed by atoms with Gasteiger partial charge in [-0.1, -0.05) is 91.0 Å². The second-order valence-electron chi connectivity index (χ2n) is 6.46. The highest BCUT2D eigenvalue weighted by atomic mass is 16.5. The first-order valence-corrected chi connectivity index (χ1v) is 8.99. The van der Waals surface area contributed by atoms with Gasteiger partial charge in [-0.05, 0) is 22.3 Å². The predicted octanol–water partition coefficient (Wildman–Crippen LogP) is 5.28. The molecule has 0 unspecified atom stereocenters. The molecule has 4 rings (SSSR count). The number of Topliss-reactive ketones (excluding diaryl/α,β-unsaturated/α-hetero) is 1. The van der Waals surface area contributed by atoms with Gasteiger partial charge in [0, 0.05) is 23.8 Å². The molecule has 3 aromatic carbocycles. The summed E-state index contributed by atoms with van der Waals surface area (Å²) < 4.78 is 5.41. The summed E-state index contributed by atoms with van der Waals surface area (Å²) in [6.45, 7) is 0.287. The van der Waals surface area contributed by atoms with E-state index in [0.717, 1.165) is 33.4 Å². The second-order valence-corrected chi connectivity index (χ2v) is 6.46. The van der Waals surface area contributed by atoms with Gasteiger partial charge in [-0.2, -0.15) is 0 Å². The molecular formula is C25H20O2. The minimum Gasteiger partial charge on any atom is -0.380 e. The largest absolute Gasteiger partial charge is 0.380 e. The molecule has 0 saturated heterocycles. The first kappa shape index (κ1) is 17.2. The van der Waals surface area contributed by atoms with E-state index in [4.69, 9.17) is 4.74 Å². The van der Waals surface area contributed by atoms with Gasteiger partial charge >= 0.3 is 0 Å². The molecule has 2 heteroatoms. The monoisotopic (exact) mass is 352 g/mol. The Kier molecular flexibility index (Phi) is 4.82. The lowest BCUT2D eigenvalue weighted by atomic mass is 9.90. The van der Waals surface area contributed by atoms with Crippen molar-refractivity contribution in [3.05, 3.63) is 113 Å². The fraction of sp³-hybridized carbons (Fsp3) is 0.0800. The Balaban J connectivity index is 2.04. The molecule has 0 fully saturated rings. The molecule has 0 heterocycles. The smallest absolute Gasteiger partial charge is 0.193 e. The number of ether oxygens (including phenoxy) is 1. The fourth-order valence-corrected chi connectivity index (χ4v) is 3.63. The van der Waals surface area contributed by atoms with E-state index >= 15 is 0 Å². The summed E-state index contributed by atoms with van der Waals surface area (Å²) in [5, 5.41) is 0. The number of carbonyl (C=O) groups is 1. The number of methoxy groups -OCH3 is 1. The summed E-state index contributed by atoms with van der Waals surface area (Å²) in [5.74, 6) is 0.0424. The van der Waals surface area contributed by atoms with Crippen molar-refractivity contribution in [2.45, 2.75) is 0 Å². The lowest BCUT2D eigenvalue weighted by Gasteiger charge is -2.13. The third kappa shape index (κ3) is 3.16. The summed E-state index contributed by atoms with van der Waals surface area (Å²) >= 11 is 0. The lowest BCUT2D eigenvalue weighted by molar-refractivity contribution is -0.110. The molecule has 2 nitrogen and oxygen atoms in total. The Morgan fingerprint density at radius 3 is 1.44 bits per heavy atom. The van der Waals surface area contributed by atoms with Crippen LogP contribution in [0.15, 0.2) is 96.6 Å². The molecular weight excluding hydrogens is 332 g/mol. The Labute approximate surface area is 159 Å². The van der Waals surface area contributed by atoms with Gasteiger partial charge in [0.05, 0.1) is 6.61 Å². The van der Waals surface area contributed by atoms with Gasteiger partial charge in [0.25, 0.3) is 0 Å². The number of hydrogen-bond acceptors (Lipinski definition) is 2. The maximum Gasteiger partial charge on any atom is 0.193 e. The summed E-state index contributed by atoms with van der Waals surface area (Å²) in [6.07, 6.45) is 0. The van der Waals surface area contributed by atoms with E-state index in [0.29, 0.717) is 5.57 Å². The molecule has 132 valence electrons. The molecule has 0 bridgehead atoms. The number of hydrogen-bond donors (Lipinski definition) is 0. The quantitative estimate of drug-likeness (QED) is 0.624. The van der Waals surface area contributed by atoms with Gasteiger partial charge in [0.2, 0.25) is 0 Å². The van der Waals surface area contributed by atoms with Crippen LogP contribution in [0.25, 0.3) is 16.7 Å². The minimum absolute atomic E-state index is 0.0424. The highest BCUT2D eigenvalue weighted by Gasteiger charge is 2.34. The average molecular weight is 352 g/mol. The minimum atomic E-state index is 0.0424. The van der Waals surface area contributed by atoms with E-state index in [1.54, 1.807) is 7.11 Å². The number of benzene rings is 3. The van der Waals surface area contributed by atoms with Crippen molar-refractivity contribution in [3.8, 4) is 0 Å². The molecule has 0 aromatic heterocycles. The van der Waals surface area contributed by atoms with Crippen LogP contribution in [0.5, 0.6) is 0 Å². The van der Waals surface area contributed by atoms with Crippen LogP contribution in [0, 0.1) is 0 Å². The lowest BCUT2D eigenvalue weighted by Crippen LogP contribution is -2.07. The van der Waals surface area contributed by atoms with Gasteiger partial charge in [0.15, 0.2) is 5.78 Å². The predicted molar refractivity (Wildman–Crippen MR) is 110 cm³/mol. The third-order valence-electron chi connectivity index (χ3n) is 4.78. The number of rotatable bonds is 5. The van der Waals surface area contributed by atoms with Crippen LogP contribution in [-0.2, 0) is 9.53 Å². The number of ketones is 1. The molecule has 0 aliphatic heterocycles. The molecule has 0 radical (unpaired) electrons. The van der Waals surface area contributed by atoms with Crippen LogP contribution in [0.3, 0.4) is 0 Å². The van der Waals surface area contributed by atoms with Gasteiger partial charge in [0.1, 0.15) is 0 Å². The topological polar surface area (TPSA) is 26.3 Å². The van der Waals surface area contributed by atoms with E-state index in [2.05, 4.69) is 24.3 Å². The summed E-state index contributed by atoms with van der Waals surface area (Å²) in [6, 6.07) is 30.1. The zero-order valence-electron chi connectivity index (χ0n) is 15.2. The van der Waals surface area contributed by atoms with Crippen LogP contribution in [0.4, 0.5) is 0 Å². The Morgan fingerprint density at radius 1 is 0.593 bits per heavy atom.